The number of ether oxygens (including phenoxy) is 1. The fraction of sp³-hybridized carbons (Fsp3) is 0.417. The number of carbonyl (C=O) groups excluding carboxylic acids is 1. The standard InChI is InChI=1S/C24H28N2O6S/c1-15(12-22(27)28)25-23(29)20-14-16-6-4-5-7-19(16)26(20)33(30,31)18-8-9-21-17(13-18)10-11-24(2,3)32-21/h4-9,13,15,20H,10-12,14H2,1-3H3,(H,25,29)(H,27,28)/t15-,20-/m0/s1. The Morgan fingerprint density at radius 2 is 1.94 bits per heavy atom. The Morgan fingerprint density at radius 3 is 2.67 bits per heavy atom. The second kappa shape index (κ2) is 8.37. The third-order valence-corrected chi connectivity index (χ3v) is 7.89. The Morgan fingerprint density at radius 1 is 1.21 bits per heavy atom. The van der Waals surface area contributed by atoms with Gasteiger partial charge in [-0.05, 0) is 69.0 Å². The first-order valence-corrected chi connectivity index (χ1v) is 12.4. The molecule has 0 fully saturated rings. The van der Waals surface area contributed by atoms with Crippen molar-refractivity contribution < 1.29 is 27.9 Å². The Labute approximate surface area is 193 Å². The molecule has 0 saturated carbocycles. The van der Waals surface area contributed by atoms with Crippen LogP contribution >= 0.6 is 0 Å². The van der Waals surface area contributed by atoms with Crippen molar-refractivity contribution in [1.29, 1.82) is 0 Å². The maximum atomic E-state index is 13.8. The van der Waals surface area contributed by atoms with Crippen LogP contribution in [-0.4, -0.2) is 43.1 Å². The van der Waals surface area contributed by atoms with E-state index in [1.54, 1.807) is 43.3 Å². The van der Waals surface area contributed by atoms with E-state index in [-0.39, 0.29) is 23.3 Å². The number of nitrogens with zero attached hydrogens (tertiary/aromatic N) is 1. The number of benzene rings is 2. The summed E-state index contributed by atoms with van der Waals surface area (Å²) in [5, 5.41) is 11.7. The second-order valence-corrected chi connectivity index (χ2v) is 11.1. The molecule has 9 heteroatoms. The summed E-state index contributed by atoms with van der Waals surface area (Å²) in [6.07, 6.45) is 1.42. The molecule has 2 N–H and O–H groups in total. The van der Waals surface area contributed by atoms with E-state index in [1.165, 1.54) is 10.4 Å². The van der Waals surface area contributed by atoms with Gasteiger partial charge in [-0.15, -0.1) is 0 Å². The summed E-state index contributed by atoms with van der Waals surface area (Å²) in [6, 6.07) is 10.2. The zero-order valence-corrected chi connectivity index (χ0v) is 19.7. The molecule has 2 aromatic carbocycles. The van der Waals surface area contributed by atoms with Gasteiger partial charge in [-0.3, -0.25) is 13.9 Å². The number of anilines is 1. The Hall–Kier alpha value is -3.07. The summed E-state index contributed by atoms with van der Waals surface area (Å²) in [7, 11) is -4.07. The lowest BCUT2D eigenvalue weighted by Gasteiger charge is -2.33. The van der Waals surface area contributed by atoms with Crippen molar-refractivity contribution in [2.45, 2.75) is 69.0 Å². The van der Waals surface area contributed by atoms with Gasteiger partial charge >= 0.3 is 5.97 Å². The van der Waals surface area contributed by atoms with E-state index >= 15 is 0 Å². The molecule has 0 saturated heterocycles. The van der Waals surface area contributed by atoms with Crippen molar-refractivity contribution in [1.82, 2.24) is 5.32 Å². The number of aliphatic carboxylic acids is 1. The number of sulfonamides is 1. The molecule has 8 nitrogen and oxygen atoms in total. The molecule has 0 aromatic heterocycles. The molecule has 0 bridgehead atoms. The molecule has 0 unspecified atom stereocenters. The van der Waals surface area contributed by atoms with E-state index in [0.29, 0.717) is 17.9 Å². The van der Waals surface area contributed by atoms with Gasteiger partial charge < -0.3 is 15.2 Å². The molecule has 2 aromatic rings. The quantitative estimate of drug-likeness (QED) is 0.669. The average molecular weight is 473 g/mol. The average Bonchev–Trinajstić information content (AvgIpc) is 3.12. The van der Waals surface area contributed by atoms with Crippen LogP contribution in [0.15, 0.2) is 47.4 Å². The molecule has 0 spiro atoms. The minimum atomic E-state index is -4.07. The zero-order valence-electron chi connectivity index (χ0n) is 18.9. The van der Waals surface area contributed by atoms with Gasteiger partial charge in [0.05, 0.1) is 17.0 Å². The third kappa shape index (κ3) is 4.55. The lowest BCUT2D eigenvalue weighted by Crippen LogP contribution is -2.50. The third-order valence-electron chi connectivity index (χ3n) is 6.07. The number of carboxylic acids is 1. The molecular formula is C24H28N2O6S. The predicted octanol–water partition coefficient (Wildman–Crippen LogP) is 2.89. The molecule has 33 heavy (non-hydrogen) atoms. The van der Waals surface area contributed by atoms with Crippen LogP contribution in [0.1, 0.15) is 44.7 Å². The molecule has 1 amide bonds. The highest BCUT2D eigenvalue weighted by atomic mass is 32.2. The van der Waals surface area contributed by atoms with Crippen molar-refractivity contribution in [2.75, 3.05) is 4.31 Å². The zero-order chi connectivity index (χ0) is 24.0. The van der Waals surface area contributed by atoms with E-state index in [2.05, 4.69) is 5.32 Å². The maximum absolute atomic E-state index is 13.8. The maximum Gasteiger partial charge on any atom is 0.305 e. The Kier molecular flexibility index (Phi) is 5.86. The molecule has 2 aliphatic rings. The monoisotopic (exact) mass is 472 g/mol. The van der Waals surface area contributed by atoms with Crippen LogP contribution < -0.4 is 14.4 Å². The van der Waals surface area contributed by atoms with E-state index < -0.39 is 34.0 Å². The first kappa shape index (κ1) is 23.1. The highest BCUT2D eigenvalue weighted by molar-refractivity contribution is 7.93. The Bertz CT molecular complexity index is 1210. The molecule has 0 radical (unpaired) electrons. The smallest absolute Gasteiger partial charge is 0.305 e. The number of carboxylic acid groups (broad SMARTS) is 1. The topological polar surface area (TPSA) is 113 Å². The highest BCUT2D eigenvalue weighted by Gasteiger charge is 2.43. The number of hydrogen-bond acceptors (Lipinski definition) is 5. The highest BCUT2D eigenvalue weighted by Crippen LogP contribution is 2.39. The number of aryl methyl sites for hydroxylation is 1. The molecule has 176 valence electrons. The first-order chi connectivity index (χ1) is 15.5. The van der Waals surface area contributed by atoms with Crippen LogP contribution in [0.4, 0.5) is 5.69 Å². The SMILES string of the molecule is C[C@@H](CC(=O)O)NC(=O)[C@@H]1Cc2ccccc2N1S(=O)(=O)c1ccc2c(c1)CCC(C)(C)O2. The van der Waals surface area contributed by atoms with Crippen molar-refractivity contribution in [3.8, 4) is 5.75 Å². The van der Waals surface area contributed by atoms with Gasteiger partial charge in [0.2, 0.25) is 5.91 Å². The lowest BCUT2D eigenvalue weighted by molar-refractivity contribution is -0.137. The van der Waals surface area contributed by atoms with E-state index in [9.17, 15) is 18.0 Å². The number of fused-ring (bicyclic) bond motifs is 2. The van der Waals surface area contributed by atoms with Crippen LogP contribution in [0.3, 0.4) is 0 Å². The molecule has 0 aliphatic carbocycles. The molecule has 4 rings (SSSR count). The summed E-state index contributed by atoms with van der Waals surface area (Å²) in [6.45, 7) is 5.57. The minimum absolute atomic E-state index is 0.0950. The van der Waals surface area contributed by atoms with Gasteiger partial charge in [0.1, 0.15) is 17.4 Å². The number of rotatable bonds is 6. The van der Waals surface area contributed by atoms with Crippen molar-refractivity contribution >= 4 is 27.6 Å². The van der Waals surface area contributed by atoms with Crippen molar-refractivity contribution in [3.63, 3.8) is 0 Å². The first-order valence-electron chi connectivity index (χ1n) is 10.9. The number of carbonyl (C=O) groups is 2. The molecule has 2 heterocycles. The van der Waals surface area contributed by atoms with E-state index in [4.69, 9.17) is 9.84 Å². The predicted molar refractivity (Wildman–Crippen MR) is 123 cm³/mol. The normalized spacial score (nSPS) is 19.7. The largest absolute Gasteiger partial charge is 0.488 e. The summed E-state index contributed by atoms with van der Waals surface area (Å²) in [5.74, 6) is -0.892. The Balaban J connectivity index is 1.69. The van der Waals surface area contributed by atoms with E-state index in [1.807, 2.05) is 13.8 Å². The van der Waals surface area contributed by atoms with Gasteiger partial charge in [0, 0.05) is 12.5 Å². The fourth-order valence-corrected chi connectivity index (χ4v) is 6.12. The summed E-state index contributed by atoms with van der Waals surface area (Å²) >= 11 is 0. The van der Waals surface area contributed by atoms with Gasteiger partial charge in [0.15, 0.2) is 0 Å². The van der Waals surface area contributed by atoms with Gasteiger partial charge in [-0.1, -0.05) is 18.2 Å². The number of nitrogens with one attached hydrogen (secondary N) is 1. The summed E-state index contributed by atoms with van der Waals surface area (Å²) in [5.41, 5.74) is 1.71. The van der Waals surface area contributed by atoms with Crippen LogP contribution in [0.2, 0.25) is 0 Å². The van der Waals surface area contributed by atoms with Crippen LogP contribution in [0.25, 0.3) is 0 Å². The van der Waals surface area contributed by atoms with Crippen LogP contribution in [0.5, 0.6) is 5.75 Å². The summed E-state index contributed by atoms with van der Waals surface area (Å²) < 4.78 is 34.7. The van der Waals surface area contributed by atoms with Crippen molar-refractivity contribution in [3.05, 3.63) is 53.6 Å². The van der Waals surface area contributed by atoms with Crippen molar-refractivity contribution in [2.24, 2.45) is 0 Å². The lowest BCUT2D eigenvalue weighted by atomic mass is 9.94. The molecule has 2 atom stereocenters. The van der Waals surface area contributed by atoms with Crippen LogP contribution in [0, 0.1) is 0 Å². The summed E-state index contributed by atoms with van der Waals surface area (Å²) in [4.78, 5) is 24.2. The fourth-order valence-electron chi connectivity index (χ4n) is 4.41. The van der Waals surface area contributed by atoms with Gasteiger partial charge in [-0.2, -0.15) is 0 Å². The second-order valence-electron chi connectivity index (χ2n) is 9.29. The number of hydrogen-bond donors (Lipinski definition) is 2. The number of amides is 1. The van der Waals surface area contributed by atoms with Gasteiger partial charge in [-0.25, -0.2) is 8.42 Å². The molecule has 2 aliphatic heterocycles. The van der Waals surface area contributed by atoms with Crippen LogP contribution in [-0.2, 0) is 32.5 Å². The number of para-hydroxylation sites is 1. The minimum Gasteiger partial charge on any atom is -0.488 e. The van der Waals surface area contributed by atoms with Gasteiger partial charge in [0.25, 0.3) is 10.0 Å². The molecular weight excluding hydrogens is 444 g/mol. The van der Waals surface area contributed by atoms with E-state index in [0.717, 1.165) is 17.5 Å².